The van der Waals surface area contributed by atoms with Crippen molar-refractivity contribution in [2.45, 2.75) is 65.3 Å². The lowest BCUT2D eigenvalue weighted by Crippen LogP contribution is -2.32. The first-order valence-corrected chi connectivity index (χ1v) is 8.19. The Labute approximate surface area is 146 Å². The molecule has 6 heteroatoms. The minimum absolute atomic E-state index is 0. The Kier molecular flexibility index (Phi) is 6.27. The fourth-order valence-corrected chi connectivity index (χ4v) is 2.25. The molecule has 1 saturated carbocycles. The molecule has 1 aromatic heterocycles. The highest BCUT2D eigenvalue weighted by atomic mass is 35.5. The molecule has 0 atom stereocenters. The standard InChI is InChI=1S/C17H30N4O.ClH/c1-16(2,3)13-9-14(21(20-13)17(4,5)6)19-15(22)11-18-10-12-7-8-12;/h9,12,18H,7-8,10-11H2,1-6H3,(H,19,22);1H. The second kappa shape index (κ2) is 7.22. The molecular weight excluding hydrogens is 312 g/mol. The molecule has 1 fully saturated rings. The highest BCUT2D eigenvalue weighted by Crippen LogP contribution is 2.28. The van der Waals surface area contributed by atoms with E-state index in [0.717, 1.165) is 24.0 Å². The van der Waals surface area contributed by atoms with Crippen LogP contribution in [0.2, 0.25) is 0 Å². The molecule has 0 aliphatic heterocycles. The van der Waals surface area contributed by atoms with E-state index in [1.54, 1.807) is 0 Å². The van der Waals surface area contributed by atoms with Gasteiger partial charge in [0.1, 0.15) is 5.82 Å². The van der Waals surface area contributed by atoms with E-state index < -0.39 is 0 Å². The Morgan fingerprint density at radius 3 is 2.35 bits per heavy atom. The Morgan fingerprint density at radius 1 is 1.26 bits per heavy atom. The van der Waals surface area contributed by atoms with Crippen molar-refractivity contribution in [2.24, 2.45) is 5.92 Å². The van der Waals surface area contributed by atoms with Gasteiger partial charge in [-0.05, 0) is 46.1 Å². The van der Waals surface area contributed by atoms with Crippen molar-refractivity contribution < 1.29 is 4.79 Å². The highest BCUT2D eigenvalue weighted by Gasteiger charge is 2.26. The monoisotopic (exact) mass is 342 g/mol. The summed E-state index contributed by atoms with van der Waals surface area (Å²) < 4.78 is 1.91. The largest absolute Gasteiger partial charge is 0.310 e. The number of amides is 1. The topological polar surface area (TPSA) is 59.0 Å². The number of halogens is 1. The van der Waals surface area contributed by atoms with Crippen LogP contribution < -0.4 is 10.6 Å². The summed E-state index contributed by atoms with van der Waals surface area (Å²) in [4.78, 5) is 12.1. The summed E-state index contributed by atoms with van der Waals surface area (Å²) in [5.41, 5.74) is 0.775. The van der Waals surface area contributed by atoms with Crippen LogP contribution in [0.15, 0.2) is 6.07 Å². The molecule has 2 rings (SSSR count). The number of carbonyl (C=O) groups excluding carboxylic acids is 1. The van der Waals surface area contributed by atoms with Crippen molar-refractivity contribution in [2.75, 3.05) is 18.4 Å². The first-order valence-electron chi connectivity index (χ1n) is 8.19. The van der Waals surface area contributed by atoms with E-state index >= 15 is 0 Å². The first kappa shape index (κ1) is 20.0. The van der Waals surface area contributed by atoms with Crippen LogP contribution in [0, 0.1) is 5.92 Å². The van der Waals surface area contributed by atoms with Gasteiger partial charge >= 0.3 is 0 Å². The van der Waals surface area contributed by atoms with Crippen molar-refractivity contribution in [1.82, 2.24) is 15.1 Å². The average Bonchev–Trinajstić information content (AvgIpc) is 3.04. The molecule has 0 saturated heterocycles. The number of hydrogen-bond donors (Lipinski definition) is 2. The van der Waals surface area contributed by atoms with Crippen molar-refractivity contribution >= 4 is 24.1 Å². The van der Waals surface area contributed by atoms with Crippen molar-refractivity contribution in [3.63, 3.8) is 0 Å². The number of carbonyl (C=O) groups is 1. The van der Waals surface area contributed by atoms with Crippen LogP contribution in [-0.4, -0.2) is 28.8 Å². The zero-order valence-corrected chi connectivity index (χ0v) is 16.0. The third kappa shape index (κ3) is 5.81. The van der Waals surface area contributed by atoms with E-state index in [-0.39, 0.29) is 29.3 Å². The van der Waals surface area contributed by atoms with Gasteiger partial charge in [0.15, 0.2) is 0 Å². The van der Waals surface area contributed by atoms with Gasteiger partial charge in [0.25, 0.3) is 0 Å². The van der Waals surface area contributed by atoms with Gasteiger partial charge in [0.05, 0.1) is 17.8 Å². The van der Waals surface area contributed by atoms with E-state index in [2.05, 4.69) is 52.2 Å². The van der Waals surface area contributed by atoms with Gasteiger partial charge in [-0.15, -0.1) is 12.4 Å². The maximum atomic E-state index is 12.1. The maximum absolute atomic E-state index is 12.1. The minimum Gasteiger partial charge on any atom is -0.310 e. The van der Waals surface area contributed by atoms with Gasteiger partial charge in [-0.1, -0.05) is 20.8 Å². The number of nitrogens with one attached hydrogen (secondary N) is 2. The van der Waals surface area contributed by atoms with Crippen LogP contribution >= 0.6 is 12.4 Å². The molecule has 0 unspecified atom stereocenters. The molecule has 1 amide bonds. The highest BCUT2D eigenvalue weighted by molar-refractivity contribution is 5.91. The third-order valence-corrected chi connectivity index (χ3v) is 3.80. The lowest BCUT2D eigenvalue weighted by Gasteiger charge is -2.23. The SMILES string of the molecule is CC(C)(C)c1cc(NC(=O)CNCC2CC2)n(C(C)(C)C)n1.Cl. The molecule has 2 N–H and O–H groups in total. The zero-order chi connectivity index (χ0) is 16.5. The van der Waals surface area contributed by atoms with Gasteiger partial charge in [-0.25, -0.2) is 4.68 Å². The van der Waals surface area contributed by atoms with Crippen LogP contribution in [0.4, 0.5) is 5.82 Å². The molecule has 0 aromatic carbocycles. The minimum atomic E-state index is -0.173. The quantitative estimate of drug-likeness (QED) is 0.863. The summed E-state index contributed by atoms with van der Waals surface area (Å²) in [6, 6.07) is 1.99. The summed E-state index contributed by atoms with van der Waals surface area (Å²) in [5, 5.41) is 10.9. The fraction of sp³-hybridized carbons (Fsp3) is 0.765. The Balaban J connectivity index is 0.00000264. The van der Waals surface area contributed by atoms with Gasteiger partial charge < -0.3 is 10.6 Å². The van der Waals surface area contributed by atoms with E-state index in [4.69, 9.17) is 5.10 Å². The number of anilines is 1. The molecule has 132 valence electrons. The summed E-state index contributed by atoms with van der Waals surface area (Å²) in [6.45, 7) is 14.0. The molecular formula is C17H31ClN4O. The van der Waals surface area contributed by atoms with Gasteiger partial charge in [0, 0.05) is 11.5 Å². The van der Waals surface area contributed by atoms with Gasteiger partial charge in [-0.3, -0.25) is 4.79 Å². The molecule has 0 radical (unpaired) electrons. The first-order chi connectivity index (χ1) is 10.1. The molecule has 1 heterocycles. The Bertz CT molecular complexity index is 536. The smallest absolute Gasteiger partial charge is 0.239 e. The van der Waals surface area contributed by atoms with Crippen LogP contribution in [0.25, 0.3) is 0 Å². The molecule has 1 aliphatic rings. The van der Waals surface area contributed by atoms with Crippen LogP contribution in [0.3, 0.4) is 0 Å². The number of nitrogens with zero attached hydrogens (tertiary/aromatic N) is 2. The second-order valence-electron chi connectivity index (χ2n) is 8.37. The molecule has 1 aliphatic carbocycles. The summed E-state index contributed by atoms with van der Waals surface area (Å²) in [7, 11) is 0. The summed E-state index contributed by atoms with van der Waals surface area (Å²) >= 11 is 0. The predicted molar refractivity (Wildman–Crippen MR) is 97.4 cm³/mol. The molecule has 23 heavy (non-hydrogen) atoms. The number of aromatic nitrogens is 2. The lowest BCUT2D eigenvalue weighted by atomic mass is 9.92. The van der Waals surface area contributed by atoms with Gasteiger partial charge in [-0.2, -0.15) is 5.10 Å². The summed E-state index contributed by atoms with van der Waals surface area (Å²) in [5.74, 6) is 1.54. The van der Waals surface area contributed by atoms with Crippen LogP contribution in [0.5, 0.6) is 0 Å². The maximum Gasteiger partial charge on any atom is 0.239 e. The normalized spacial score (nSPS) is 15.2. The van der Waals surface area contributed by atoms with E-state index in [0.29, 0.717) is 6.54 Å². The predicted octanol–water partition coefficient (Wildman–Crippen LogP) is 3.30. The molecule has 0 bridgehead atoms. The Morgan fingerprint density at radius 2 is 1.87 bits per heavy atom. The van der Waals surface area contributed by atoms with E-state index in [1.807, 2.05) is 10.7 Å². The van der Waals surface area contributed by atoms with Crippen LogP contribution in [0.1, 0.15) is 60.1 Å². The summed E-state index contributed by atoms with van der Waals surface area (Å²) in [6.07, 6.45) is 2.58. The van der Waals surface area contributed by atoms with Gasteiger partial charge in [0.2, 0.25) is 5.91 Å². The lowest BCUT2D eigenvalue weighted by molar-refractivity contribution is -0.115. The van der Waals surface area contributed by atoms with Crippen molar-refractivity contribution in [3.8, 4) is 0 Å². The molecule has 0 spiro atoms. The molecule has 1 aromatic rings. The fourth-order valence-electron chi connectivity index (χ4n) is 2.25. The van der Waals surface area contributed by atoms with E-state index in [9.17, 15) is 4.79 Å². The Hall–Kier alpha value is -1.07. The second-order valence-corrected chi connectivity index (χ2v) is 8.37. The third-order valence-electron chi connectivity index (χ3n) is 3.80. The van der Waals surface area contributed by atoms with Crippen molar-refractivity contribution in [1.29, 1.82) is 0 Å². The van der Waals surface area contributed by atoms with Crippen LogP contribution in [-0.2, 0) is 15.7 Å². The average molecular weight is 343 g/mol. The zero-order valence-electron chi connectivity index (χ0n) is 15.2. The van der Waals surface area contributed by atoms with E-state index in [1.165, 1.54) is 12.8 Å². The molecule has 5 nitrogen and oxygen atoms in total. The number of rotatable bonds is 5. The number of hydrogen-bond acceptors (Lipinski definition) is 3. The van der Waals surface area contributed by atoms with Crippen molar-refractivity contribution in [3.05, 3.63) is 11.8 Å².